The number of thioether (sulfide) groups is 1. The highest BCUT2D eigenvalue weighted by atomic mass is 32.2. The summed E-state index contributed by atoms with van der Waals surface area (Å²) in [6, 6.07) is 6.76. The number of fused-ring (bicyclic) bond motifs is 1. The molecular formula is C19H20F3N5OS. The molecule has 6 nitrogen and oxygen atoms in total. The SMILES string of the molecule is Cc1cc(C)n2nc(SC(C(=O)Nc3ccccc3C(F)(F)F)C(C)C)nc2n1. The Hall–Kier alpha value is -2.62. The summed E-state index contributed by atoms with van der Waals surface area (Å²) >= 11 is 1.10. The Balaban J connectivity index is 1.86. The lowest BCUT2D eigenvalue weighted by Crippen LogP contribution is -2.30. The maximum Gasteiger partial charge on any atom is 0.418 e. The first kappa shape index (κ1) is 21.1. The minimum Gasteiger partial charge on any atom is -0.325 e. The lowest BCUT2D eigenvalue weighted by Gasteiger charge is -2.20. The second kappa shape index (κ2) is 8.02. The van der Waals surface area contributed by atoms with E-state index in [0.717, 1.165) is 29.2 Å². The second-order valence-electron chi connectivity index (χ2n) is 6.96. The van der Waals surface area contributed by atoms with E-state index in [-0.39, 0.29) is 11.6 Å². The number of aryl methyl sites for hydroxylation is 2. The summed E-state index contributed by atoms with van der Waals surface area (Å²) in [7, 11) is 0. The van der Waals surface area contributed by atoms with Crippen LogP contribution in [0.25, 0.3) is 5.78 Å². The third-order valence-corrected chi connectivity index (χ3v) is 5.58. The maximum atomic E-state index is 13.2. The summed E-state index contributed by atoms with van der Waals surface area (Å²) in [6.45, 7) is 7.34. The van der Waals surface area contributed by atoms with Crippen LogP contribution in [-0.2, 0) is 11.0 Å². The Morgan fingerprint density at radius 2 is 1.86 bits per heavy atom. The number of halogens is 3. The van der Waals surface area contributed by atoms with Crippen molar-refractivity contribution in [3.8, 4) is 0 Å². The van der Waals surface area contributed by atoms with E-state index in [1.165, 1.54) is 18.2 Å². The molecule has 3 aromatic rings. The van der Waals surface area contributed by atoms with Crippen LogP contribution in [0, 0.1) is 19.8 Å². The maximum absolute atomic E-state index is 13.2. The number of hydrogen-bond donors (Lipinski definition) is 1. The average Bonchev–Trinajstić information content (AvgIpc) is 3.01. The standard InChI is InChI=1S/C19H20F3N5OS/c1-10(2)15(16(28)24-14-8-6-5-7-13(14)19(20,21)22)29-18-25-17-23-11(3)9-12(4)27(17)26-18/h5-10,15H,1-4H3,(H,24,28). The van der Waals surface area contributed by atoms with Gasteiger partial charge in [-0.1, -0.05) is 37.7 Å². The Labute approximate surface area is 169 Å². The Kier molecular flexibility index (Phi) is 5.83. The third-order valence-electron chi connectivity index (χ3n) is 4.19. The van der Waals surface area contributed by atoms with Crippen molar-refractivity contribution in [3.63, 3.8) is 0 Å². The Morgan fingerprint density at radius 3 is 2.52 bits per heavy atom. The summed E-state index contributed by atoms with van der Waals surface area (Å²) in [5.74, 6) is -0.294. The fourth-order valence-corrected chi connectivity index (χ4v) is 3.78. The van der Waals surface area contributed by atoms with Crippen LogP contribution in [0.1, 0.15) is 30.8 Å². The third kappa shape index (κ3) is 4.69. The van der Waals surface area contributed by atoms with Gasteiger partial charge in [-0.2, -0.15) is 18.2 Å². The van der Waals surface area contributed by atoms with Crippen LogP contribution in [0.15, 0.2) is 35.5 Å². The molecule has 10 heteroatoms. The summed E-state index contributed by atoms with van der Waals surface area (Å²) in [6.07, 6.45) is -4.56. The molecule has 1 unspecified atom stereocenters. The van der Waals surface area contributed by atoms with E-state index in [0.29, 0.717) is 10.9 Å². The highest BCUT2D eigenvalue weighted by molar-refractivity contribution is 8.00. The van der Waals surface area contributed by atoms with Gasteiger partial charge in [0.2, 0.25) is 11.1 Å². The van der Waals surface area contributed by atoms with Gasteiger partial charge < -0.3 is 5.32 Å². The lowest BCUT2D eigenvalue weighted by atomic mass is 10.1. The monoisotopic (exact) mass is 423 g/mol. The van der Waals surface area contributed by atoms with Crippen LogP contribution in [0.5, 0.6) is 0 Å². The topological polar surface area (TPSA) is 72.2 Å². The van der Waals surface area contributed by atoms with Gasteiger partial charge in [0.25, 0.3) is 5.78 Å². The average molecular weight is 423 g/mol. The van der Waals surface area contributed by atoms with Gasteiger partial charge in [-0.3, -0.25) is 4.79 Å². The summed E-state index contributed by atoms with van der Waals surface area (Å²) in [5.41, 5.74) is 0.478. The molecular weight excluding hydrogens is 403 g/mol. The zero-order valence-corrected chi connectivity index (χ0v) is 17.1. The van der Waals surface area contributed by atoms with Crippen molar-refractivity contribution in [2.24, 2.45) is 5.92 Å². The molecule has 0 saturated carbocycles. The van der Waals surface area contributed by atoms with Crippen LogP contribution < -0.4 is 5.32 Å². The minimum atomic E-state index is -4.56. The van der Waals surface area contributed by atoms with Crippen molar-refractivity contribution < 1.29 is 18.0 Å². The van der Waals surface area contributed by atoms with Gasteiger partial charge in [-0.25, -0.2) is 9.50 Å². The molecule has 3 rings (SSSR count). The van der Waals surface area contributed by atoms with Crippen molar-refractivity contribution in [2.45, 2.75) is 44.3 Å². The normalized spacial score (nSPS) is 13.1. The number of carbonyl (C=O) groups is 1. The zero-order chi connectivity index (χ0) is 21.3. The number of anilines is 1. The van der Waals surface area contributed by atoms with Crippen LogP contribution in [-0.4, -0.2) is 30.7 Å². The number of aromatic nitrogens is 4. The molecule has 0 aliphatic heterocycles. The quantitative estimate of drug-likeness (QED) is 0.611. The molecule has 0 bridgehead atoms. The largest absolute Gasteiger partial charge is 0.418 e. The number of nitrogens with zero attached hydrogens (tertiary/aromatic N) is 4. The van der Waals surface area contributed by atoms with E-state index >= 15 is 0 Å². The van der Waals surface area contributed by atoms with Crippen molar-refractivity contribution in [3.05, 3.63) is 47.3 Å². The molecule has 2 heterocycles. The number of para-hydroxylation sites is 1. The highest BCUT2D eigenvalue weighted by Gasteiger charge is 2.34. The first-order chi connectivity index (χ1) is 13.6. The van der Waals surface area contributed by atoms with E-state index in [1.54, 1.807) is 4.52 Å². The van der Waals surface area contributed by atoms with Crippen molar-refractivity contribution in [2.75, 3.05) is 5.32 Å². The van der Waals surface area contributed by atoms with Gasteiger partial charge in [-0.05, 0) is 38.0 Å². The lowest BCUT2D eigenvalue weighted by molar-refractivity contribution is -0.137. The molecule has 1 aromatic carbocycles. The molecule has 0 aliphatic rings. The van der Waals surface area contributed by atoms with Crippen LogP contribution >= 0.6 is 11.8 Å². The van der Waals surface area contributed by atoms with Gasteiger partial charge in [-0.15, -0.1) is 5.10 Å². The summed E-state index contributed by atoms with van der Waals surface area (Å²) < 4.78 is 41.2. The summed E-state index contributed by atoms with van der Waals surface area (Å²) in [4.78, 5) is 21.5. The molecule has 29 heavy (non-hydrogen) atoms. The van der Waals surface area contributed by atoms with Crippen LogP contribution in [0.3, 0.4) is 0 Å². The number of hydrogen-bond acceptors (Lipinski definition) is 5. The van der Waals surface area contributed by atoms with E-state index in [1.807, 2.05) is 33.8 Å². The van der Waals surface area contributed by atoms with Gasteiger partial charge in [0.05, 0.1) is 16.5 Å². The molecule has 0 radical (unpaired) electrons. The number of rotatable bonds is 5. The predicted octanol–water partition coefficient (Wildman–Crippen LogP) is 4.52. The molecule has 0 saturated heterocycles. The van der Waals surface area contributed by atoms with E-state index in [4.69, 9.17) is 0 Å². The smallest absolute Gasteiger partial charge is 0.325 e. The molecule has 1 atom stereocenters. The van der Waals surface area contributed by atoms with E-state index < -0.39 is 22.9 Å². The van der Waals surface area contributed by atoms with Gasteiger partial charge >= 0.3 is 6.18 Å². The fourth-order valence-electron chi connectivity index (χ4n) is 2.85. The first-order valence-corrected chi connectivity index (χ1v) is 9.79. The molecule has 0 aliphatic carbocycles. The Bertz CT molecular complexity index is 1050. The molecule has 0 spiro atoms. The molecule has 2 aromatic heterocycles. The van der Waals surface area contributed by atoms with Gasteiger partial charge in [0.1, 0.15) is 0 Å². The van der Waals surface area contributed by atoms with Crippen molar-refractivity contribution in [1.82, 2.24) is 19.6 Å². The summed E-state index contributed by atoms with van der Waals surface area (Å²) in [5, 5.41) is 6.44. The predicted molar refractivity (Wildman–Crippen MR) is 105 cm³/mol. The highest BCUT2D eigenvalue weighted by Crippen LogP contribution is 2.35. The van der Waals surface area contributed by atoms with Gasteiger partial charge in [0, 0.05) is 11.4 Å². The van der Waals surface area contributed by atoms with Crippen molar-refractivity contribution in [1.29, 1.82) is 0 Å². The number of benzene rings is 1. The minimum absolute atomic E-state index is 0.166. The second-order valence-corrected chi connectivity index (χ2v) is 8.07. The zero-order valence-electron chi connectivity index (χ0n) is 16.3. The number of amides is 1. The molecule has 0 fully saturated rings. The Morgan fingerprint density at radius 1 is 1.17 bits per heavy atom. The molecule has 154 valence electrons. The molecule has 1 N–H and O–H groups in total. The number of carbonyl (C=O) groups excluding carboxylic acids is 1. The first-order valence-electron chi connectivity index (χ1n) is 8.91. The molecule has 1 amide bonds. The van der Waals surface area contributed by atoms with Crippen LogP contribution in [0.2, 0.25) is 0 Å². The fraction of sp³-hybridized carbons (Fsp3) is 0.368. The van der Waals surface area contributed by atoms with Gasteiger partial charge in [0.15, 0.2) is 0 Å². The van der Waals surface area contributed by atoms with Crippen molar-refractivity contribution >= 4 is 29.1 Å². The van der Waals surface area contributed by atoms with Crippen LogP contribution in [0.4, 0.5) is 18.9 Å². The number of nitrogens with one attached hydrogen (secondary N) is 1. The van der Waals surface area contributed by atoms with E-state index in [9.17, 15) is 18.0 Å². The number of alkyl halides is 3. The van der Waals surface area contributed by atoms with E-state index in [2.05, 4.69) is 20.4 Å².